The predicted molar refractivity (Wildman–Crippen MR) is 119 cm³/mol. The van der Waals surface area contributed by atoms with E-state index in [1.807, 2.05) is 85.8 Å². The molecule has 148 valence electrons. The smallest absolute Gasteiger partial charge is 0.328 e. The number of para-hydroxylation sites is 1. The summed E-state index contributed by atoms with van der Waals surface area (Å²) in [7, 11) is 0. The van der Waals surface area contributed by atoms with Gasteiger partial charge in [-0.1, -0.05) is 54.6 Å². The van der Waals surface area contributed by atoms with Gasteiger partial charge in [-0.2, -0.15) is 0 Å². The van der Waals surface area contributed by atoms with Crippen LogP contribution in [0.5, 0.6) is 0 Å². The molecule has 0 bridgehead atoms. The Kier molecular flexibility index (Phi) is 5.31. The number of carbonyl (C=O) groups excluding carboxylic acids is 1. The summed E-state index contributed by atoms with van der Waals surface area (Å²) < 4.78 is 2.08. The lowest BCUT2D eigenvalue weighted by molar-refractivity contribution is -0.131. The molecule has 0 fully saturated rings. The van der Waals surface area contributed by atoms with E-state index in [1.165, 1.54) is 0 Å². The van der Waals surface area contributed by atoms with Crippen molar-refractivity contribution in [1.29, 1.82) is 0 Å². The van der Waals surface area contributed by atoms with Crippen LogP contribution in [0.25, 0.3) is 22.7 Å². The van der Waals surface area contributed by atoms with Crippen molar-refractivity contribution in [2.75, 3.05) is 0 Å². The van der Waals surface area contributed by atoms with E-state index < -0.39 is 5.97 Å². The number of carbonyl (C=O) groups is 2. The number of ketones is 1. The van der Waals surface area contributed by atoms with Gasteiger partial charge in [-0.15, -0.1) is 0 Å². The molecule has 1 N–H and O–H groups in total. The number of carboxylic acids is 1. The number of Topliss-reactive ketones (excluding diaryl/α,β-unsaturated/α-hetero) is 1. The maximum absolute atomic E-state index is 13.3. The molecule has 4 heteroatoms. The van der Waals surface area contributed by atoms with Crippen molar-refractivity contribution in [2.45, 2.75) is 13.3 Å². The van der Waals surface area contributed by atoms with E-state index in [2.05, 4.69) is 4.57 Å². The van der Waals surface area contributed by atoms with Crippen molar-refractivity contribution in [3.05, 3.63) is 107 Å². The first-order valence-corrected chi connectivity index (χ1v) is 9.73. The molecule has 0 aliphatic carbocycles. The van der Waals surface area contributed by atoms with Crippen LogP contribution >= 0.6 is 0 Å². The van der Waals surface area contributed by atoms with E-state index in [0.29, 0.717) is 12.0 Å². The molecule has 4 nitrogen and oxygen atoms in total. The Morgan fingerprint density at radius 3 is 2.27 bits per heavy atom. The Balaban J connectivity index is 1.90. The summed E-state index contributed by atoms with van der Waals surface area (Å²) in [5.41, 5.74) is 5.14. The number of aromatic nitrogens is 1. The van der Waals surface area contributed by atoms with Gasteiger partial charge in [0.1, 0.15) is 0 Å². The Bertz CT molecular complexity index is 1250. The highest BCUT2D eigenvalue weighted by Gasteiger charge is 2.21. The van der Waals surface area contributed by atoms with Crippen LogP contribution < -0.4 is 0 Å². The highest BCUT2D eigenvalue weighted by atomic mass is 16.4. The van der Waals surface area contributed by atoms with Crippen molar-refractivity contribution < 1.29 is 14.7 Å². The highest BCUT2D eigenvalue weighted by Crippen LogP contribution is 2.31. The number of carboxylic acid groups (broad SMARTS) is 1. The van der Waals surface area contributed by atoms with E-state index in [4.69, 9.17) is 5.11 Å². The molecule has 0 saturated carbocycles. The number of fused-ring (bicyclic) bond motifs is 1. The van der Waals surface area contributed by atoms with Gasteiger partial charge in [0, 0.05) is 34.8 Å². The van der Waals surface area contributed by atoms with Crippen molar-refractivity contribution in [3.63, 3.8) is 0 Å². The van der Waals surface area contributed by atoms with Gasteiger partial charge >= 0.3 is 5.97 Å². The van der Waals surface area contributed by atoms with Crippen LogP contribution in [-0.2, 0) is 11.2 Å². The third-order valence-electron chi connectivity index (χ3n) is 5.15. The second kappa shape index (κ2) is 8.21. The fourth-order valence-electron chi connectivity index (χ4n) is 3.84. The summed E-state index contributed by atoms with van der Waals surface area (Å²) in [5.74, 6) is -0.966. The first-order chi connectivity index (χ1) is 14.5. The lowest BCUT2D eigenvalue weighted by Gasteiger charge is -2.08. The zero-order valence-electron chi connectivity index (χ0n) is 16.6. The first kappa shape index (κ1) is 19.4. The second-order valence-electron chi connectivity index (χ2n) is 7.17. The van der Waals surface area contributed by atoms with Crippen LogP contribution in [0, 0.1) is 6.92 Å². The standard InChI is InChI=1S/C26H21NO3/c1-18-26(24(28)17-19-8-4-2-5-9-19)22-16-20(13-15-25(29)30)12-14-23(22)27(18)21-10-6-3-7-11-21/h2-16H,17H2,1H3,(H,29,30)/b15-13+. The quantitative estimate of drug-likeness (QED) is 0.348. The molecule has 3 aromatic carbocycles. The molecule has 0 aliphatic rings. The average Bonchev–Trinajstić information content (AvgIpc) is 3.04. The molecule has 4 rings (SSSR count). The van der Waals surface area contributed by atoms with Gasteiger partial charge in [-0.3, -0.25) is 4.79 Å². The van der Waals surface area contributed by atoms with Gasteiger partial charge in [0.15, 0.2) is 5.78 Å². The van der Waals surface area contributed by atoms with Crippen molar-refractivity contribution >= 4 is 28.7 Å². The summed E-state index contributed by atoms with van der Waals surface area (Å²) >= 11 is 0. The van der Waals surface area contributed by atoms with Crippen LogP contribution in [0.4, 0.5) is 0 Å². The number of aliphatic carboxylic acids is 1. The molecule has 4 aromatic rings. The van der Waals surface area contributed by atoms with Crippen LogP contribution in [0.2, 0.25) is 0 Å². The van der Waals surface area contributed by atoms with Gasteiger partial charge in [0.2, 0.25) is 0 Å². The Morgan fingerprint density at radius 2 is 1.60 bits per heavy atom. The first-order valence-electron chi connectivity index (χ1n) is 9.73. The van der Waals surface area contributed by atoms with Gasteiger partial charge in [0.05, 0.1) is 5.52 Å². The molecule has 0 amide bonds. The fourth-order valence-corrected chi connectivity index (χ4v) is 3.84. The van der Waals surface area contributed by atoms with Crippen molar-refractivity contribution in [1.82, 2.24) is 4.57 Å². The Morgan fingerprint density at radius 1 is 0.933 bits per heavy atom. The monoisotopic (exact) mass is 395 g/mol. The zero-order valence-corrected chi connectivity index (χ0v) is 16.6. The molecule has 1 heterocycles. The van der Waals surface area contributed by atoms with Gasteiger partial charge < -0.3 is 9.67 Å². The van der Waals surface area contributed by atoms with E-state index in [9.17, 15) is 9.59 Å². The summed E-state index contributed by atoms with van der Waals surface area (Å²) in [5, 5.41) is 9.77. The molecule has 0 saturated heterocycles. The minimum atomic E-state index is -1.01. The van der Waals surface area contributed by atoms with E-state index >= 15 is 0 Å². The Labute approximate surface area is 174 Å². The molecule has 30 heavy (non-hydrogen) atoms. The van der Waals surface area contributed by atoms with Crippen LogP contribution in [0.15, 0.2) is 84.9 Å². The van der Waals surface area contributed by atoms with Gasteiger partial charge in [0.25, 0.3) is 0 Å². The van der Waals surface area contributed by atoms with E-state index in [-0.39, 0.29) is 5.78 Å². The molecule has 0 radical (unpaired) electrons. The number of hydrogen-bond acceptors (Lipinski definition) is 2. The number of nitrogens with zero attached hydrogens (tertiary/aromatic N) is 1. The third-order valence-corrected chi connectivity index (χ3v) is 5.15. The molecule has 0 unspecified atom stereocenters. The van der Waals surface area contributed by atoms with Crippen LogP contribution in [0.1, 0.15) is 27.2 Å². The largest absolute Gasteiger partial charge is 0.478 e. The minimum Gasteiger partial charge on any atom is -0.478 e. The number of benzene rings is 3. The second-order valence-corrected chi connectivity index (χ2v) is 7.17. The summed E-state index contributed by atoms with van der Waals surface area (Å²) in [6, 6.07) is 25.3. The summed E-state index contributed by atoms with van der Waals surface area (Å²) in [4.78, 5) is 24.3. The molecular formula is C26H21NO3. The number of rotatable bonds is 6. The summed E-state index contributed by atoms with van der Waals surface area (Å²) in [6.45, 7) is 1.96. The van der Waals surface area contributed by atoms with Crippen molar-refractivity contribution in [2.24, 2.45) is 0 Å². The Hall–Kier alpha value is -3.92. The zero-order chi connectivity index (χ0) is 21.1. The fraction of sp³-hybridized carbons (Fsp3) is 0.0769. The lowest BCUT2D eigenvalue weighted by atomic mass is 9.99. The normalized spacial score (nSPS) is 11.2. The van der Waals surface area contributed by atoms with Gasteiger partial charge in [-0.25, -0.2) is 4.79 Å². The SMILES string of the molecule is Cc1c(C(=O)Cc2ccccc2)c2cc(/C=C/C(=O)O)ccc2n1-c1ccccc1. The molecular weight excluding hydrogens is 374 g/mol. The molecule has 0 aliphatic heterocycles. The highest BCUT2D eigenvalue weighted by molar-refractivity contribution is 6.11. The summed E-state index contributed by atoms with van der Waals surface area (Å²) in [6.07, 6.45) is 2.96. The molecule has 0 atom stereocenters. The van der Waals surface area contributed by atoms with E-state index in [1.54, 1.807) is 6.08 Å². The molecule has 0 spiro atoms. The van der Waals surface area contributed by atoms with Crippen molar-refractivity contribution in [3.8, 4) is 5.69 Å². The lowest BCUT2D eigenvalue weighted by Crippen LogP contribution is -2.06. The van der Waals surface area contributed by atoms with Crippen LogP contribution in [0.3, 0.4) is 0 Å². The number of hydrogen-bond donors (Lipinski definition) is 1. The molecule has 1 aromatic heterocycles. The average molecular weight is 395 g/mol. The van der Waals surface area contributed by atoms with E-state index in [0.717, 1.165) is 39.5 Å². The topological polar surface area (TPSA) is 59.3 Å². The minimum absolute atomic E-state index is 0.0396. The maximum atomic E-state index is 13.3. The predicted octanol–water partition coefficient (Wildman–Crippen LogP) is 5.46. The maximum Gasteiger partial charge on any atom is 0.328 e. The third kappa shape index (κ3) is 3.80. The van der Waals surface area contributed by atoms with Crippen LogP contribution in [-0.4, -0.2) is 21.4 Å². The van der Waals surface area contributed by atoms with Gasteiger partial charge in [-0.05, 0) is 48.4 Å².